The molecule has 0 fully saturated rings. The van der Waals surface area contributed by atoms with Crippen LogP contribution >= 0.6 is 0 Å². The molecule has 2 heteroatoms. The minimum Gasteiger partial charge on any atom is -0.483 e. The van der Waals surface area contributed by atoms with E-state index in [0.29, 0.717) is 6.61 Å². The van der Waals surface area contributed by atoms with Gasteiger partial charge in [-0.1, -0.05) is 37.0 Å². The van der Waals surface area contributed by atoms with Gasteiger partial charge in [0.05, 0.1) is 12.4 Å². The Labute approximate surface area is 110 Å². The molecule has 1 aromatic rings. The lowest BCUT2D eigenvalue weighted by molar-refractivity contribution is 0.154. The summed E-state index contributed by atoms with van der Waals surface area (Å²) in [6, 6.07) is 9.93. The zero-order valence-electron chi connectivity index (χ0n) is 11.3. The van der Waals surface area contributed by atoms with E-state index in [4.69, 9.17) is 9.47 Å². The van der Waals surface area contributed by atoms with E-state index >= 15 is 0 Å². The highest BCUT2D eigenvalue weighted by atomic mass is 16.5. The van der Waals surface area contributed by atoms with Crippen molar-refractivity contribution in [3.05, 3.63) is 47.7 Å². The Bertz CT molecular complexity index is 423. The maximum atomic E-state index is 5.73. The first-order valence-corrected chi connectivity index (χ1v) is 6.15. The predicted molar refractivity (Wildman–Crippen MR) is 74.1 cm³/mol. The third-order valence-corrected chi connectivity index (χ3v) is 2.39. The molecule has 0 amide bonds. The number of hydrogen-bond donors (Lipinski definition) is 0. The molecule has 1 aromatic carbocycles. The standard InChI is InChI=1S/C16H20O2/c1-4-16(18-14(2)12-13-17-3)11-10-15-8-6-5-7-9-15/h5-9,12,16H,4,13H2,1-3H3/b14-12+. The van der Waals surface area contributed by atoms with Crippen LogP contribution in [0.15, 0.2) is 42.2 Å². The first-order chi connectivity index (χ1) is 8.76. The van der Waals surface area contributed by atoms with Gasteiger partial charge >= 0.3 is 0 Å². The molecular weight excluding hydrogens is 224 g/mol. The fraction of sp³-hybridized carbons (Fsp3) is 0.375. The van der Waals surface area contributed by atoms with E-state index in [-0.39, 0.29) is 6.10 Å². The Balaban J connectivity index is 2.60. The van der Waals surface area contributed by atoms with Crippen molar-refractivity contribution >= 4 is 0 Å². The van der Waals surface area contributed by atoms with Gasteiger partial charge in [-0.15, -0.1) is 0 Å². The lowest BCUT2D eigenvalue weighted by atomic mass is 10.2. The van der Waals surface area contributed by atoms with Gasteiger partial charge in [0.1, 0.15) is 0 Å². The van der Waals surface area contributed by atoms with Gasteiger partial charge in [0.2, 0.25) is 0 Å². The Hall–Kier alpha value is -1.72. The quantitative estimate of drug-likeness (QED) is 0.584. The van der Waals surface area contributed by atoms with Crippen LogP contribution in [0.1, 0.15) is 25.8 Å². The van der Waals surface area contributed by atoms with Gasteiger partial charge in [0, 0.05) is 12.7 Å². The molecule has 1 rings (SSSR count). The van der Waals surface area contributed by atoms with Crippen molar-refractivity contribution in [2.24, 2.45) is 0 Å². The normalized spacial score (nSPS) is 12.5. The predicted octanol–water partition coefficient (Wildman–Crippen LogP) is 3.38. The number of benzene rings is 1. The summed E-state index contributed by atoms with van der Waals surface area (Å²) in [6.45, 7) is 4.55. The molecular formula is C16H20O2. The van der Waals surface area contributed by atoms with Gasteiger partial charge in [-0.3, -0.25) is 0 Å². The SMILES string of the molecule is CCC(C#Cc1ccccc1)O/C(C)=C/COC. The van der Waals surface area contributed by atoms with E-state index in [1.165, 1.54) is 0 Å². The summed E-state index contributed by atoms with van der Waals surface area (Å²) in [7, 11) is 1.66. The zero-order chi connectivity index (χ0) is 13.2. The minimum atomic E-state index is -0.0710. The molecule has 0 saturated heterocycles. The number of allylic oxidation sites excluding steroid dienone is 1. The second-order valence-electron chi connectivity index (χ2n) is 3.92. The molecule has 2 nitrogen and oxygen atoms in total. The second-order valence-corrected chi connectivity index (χ2v) is 3.92. The first kappa shape index (κ1) is 14.3. The molecule has 1 atom stereocenters. The number of ether oxygens (including phenoxy) is 2. The Morgan fingerprint density at radius 3 is 2.67 bits per heavy atom. The van der Waals surface area contributed by atoms with E-state index in [1.54, 1.807) is 7.11 Å². The maximum Gasteiger partial charge on any atom is 0.158 e. The van der Waals surface area contributed by atoms with Gasteiger partial charge in [-0.25, -0.2) is 0 Å². The highest BCUT2D eigenvalue weighted by Gasteiger charge is 2.02. The molecule has 18 heavy (non-hydrogen) atoms. The summed E-state index contributed by atoms with van der Waals surface area (Å²) in [5.74, 6) is 7.12. The van der Waals surface area contributed by atoms with Gasteiger partial charge in [-0.05, 0) is 31.6 Å². The molecule has 0 saturated carbocycles. The van der Waals surface area contributed by atoms with Crippen molar-refractivity contribution in [3.8, 4) is 11.8 Å². The molecule has 1 unspecified atom stereocenters. The van der Waals surface area contributed by atoms with E-state index in [9.17, 15) is 0 Å². The van der Waals surface area contributed by atoms with E-state index in [0.717, 1.165) is 17.7 Å². The third kappa shape index (κ3) is 5.56. The summed E-state index contributed by atoms with van der Waals surface area (Å²) in [4.78, 5) is 0. The lowest BCUT2D eigenvalue weighted by Crippen LogP contribution is -2.08. The topological polar surface area (TPSA) is 18.5 Å². The van der Waals surface area contributed by atoms with Crippen LogP contribution in [0.3, 0.4) is 0 Å². The van der Waals surface area contributed by atoms with Crippen LogP contribution in [0.25, 0.3) is 0 Å². The van der Waals surface area contributed by atoms with Crippen LogP contribution in [0.4, 0.5) is 0 Å². The monoisotopic (exact) mass is 244 g/mol. The van der Waals surface area contributed by atoms with Gasteiger partial charge in [0.25, 0.3) is 0 Å². The molecule has 0 spiro atoms. The summed E-state index contributed by atoms with van der Waals surface area (Å²) in [6.07, 6.45) is 2.70. The molecule has 0 aliphatic carbocycles. The largest absolute Gasteiger partial charge is 0.483 e. The third-order valence-electron chi connectivity index (χ3n) is 2.39. The lowest BCUT2D eigenvalue weighted by Gasteiger charge is -2.12. The number of rotatable bonds is 5. The van der Waals surface area contributed by atoms with E-state index < -0.39 is 0 Å². The van der Waals surface area contributed by atoms with Crippen LogP contribution in [-0.2, 0) is 9.47 Å². The highest BCUT2D eigenvalue weighted by Crippen LogP contribution is 2.05. The smallest absolute Gasteiger partial charge is 0.158 e. The van der Waals surface area contributed by atoms with Crippen LogP contribution in [0, 0.1) is 11.8 Å². The van der Waals surface area contributed by atoms with Crippen LogP contribution in [-0.4, -0.2) is 19.8 Å². The molecule has 0 heterocycles. The highest BCUT2D eigenvalue weighted by molar-refractivity contribution is 5.34. The van der Waals surface area contributed by atoms with Crippen molar-refractivity contribution in [1.82, 2.24) is 0 Å². The molecule has 96 valence electrons. The Morgan fingerprint density at radius 1 is 1.33 bits per heavy atom. The average molecular weight is 244 g/mol. The molecule has 0 N–H and O–H groups in total. The van der Waals surface area contributed by atoms with Crippen molar-refractivity contribution < 1.29 is 9.47 Å². The minimum absolute atomic E-state index is 0.0710. The van der Waals surface area contributed by atoms with Crippen molar-refractivity contribution in [2.45, 2.75) is 26.4 Å². The molecule has 0 radical (unpaired) electrons. The van der Waals surface area contributed by atoms with Gasteiger partial charge < -0.3 is 9.47 Å². The van der Waals surface area contributed by atoms with E-state index in [2.05, 4.69) is 18.8 Å². The van der Waals surface area contributed by atoms with Crippen molar-refractivity contribution in [2.75, 3.05) is 13.7 Å². The first-order valence-electron chi connectivity index (χ1n) is 6.15. The summed E-state index contributed by atoms with van der Waals surface area (Å²) >= 11 is 0. The molecule has 0 aromatic heterocycles. The van der Waals surface area contributed by atoms with Crippen LogP contribution in [0.5, 0.6) is 0 Å². The van der Waals surface area contributed by atoms with Crippen LogP contribution in [0.2, 0.25) is 0 Å². The maximum absolute atomic E-state index is 5.73. The van der Waals surface area contributed by atoms with Crippen LogP contribution < -0.4 is 0 Å². The van der Waals surface area contributed by atoms with E-state index in [1.807, 2.05) is 43.3 Å². The fourth-order valence-electron chi connectivity index (χ4n) is 1.37. The second kappa shape index (κ2) is 8.38. The van der Waals surface area contributed by atoms with Gasteiger partial charge in [0.15, 0.2) is 6.10 Å². The summed E-state index contributed by atoms with van der Waals surface area (Å²) < 4.78 is 10.7. The Morgan fingerprint density at radius 2 is 2.06 bits per heavy atom. The Kier molecular flexibility index (Phi) is 6.68. The number of hydrogen-bond acceptors (Lipinski definition) is 2. The molecule has 0 aliphatic heterocycles. The fourth-order valence-corrected chi connectivity index (χ4v) is 1.37. The zero-order valence-corrected chi connectivity index (χ0v) is 11.3. The number of methoxy groups -OCH3 is 1. The molecule has 0 bridgehead atoms. The molecule has 0 aliphatic rings. The summed E-state index contributed by atoms with van der Waals surface area (Å²) in [5, 5.41) is 0. The van der Waals surface area contributed by atoms with Crippen molar-refractivity contribution in [1.29, 1.82) is 0 Å². The summed E-state index contributed by atoms with van der Waals surface area (Å²) in [5.41, 5.74) is 1.01. The van der Waals surface area contributed by atoms with Crippen molar-refractivity contribution in [3.63, 3.8) is 0 Å². The van der Waals surface area contributed by atoms with Gasteiger partial charge in [-0.2, -0.15) is 0 Å². The average Bonchev–Trinajstić information content (AvgIpc) is 2.42.